The van der Waals surface area contributed by atoms with Gasteiger partial charge in [0, 0.05) is 16.7 Å². The molecule has 0 amide bonds. The summed E-state index contributed by atoms with van der Waals surface area (Å²) in [4.78, 5) is 1.23. The van der Waals surface area contributed by atoms with E-state index < -0.39 is 0 Å². The molecule has 1 aliphatic heterocycles. The summed E-state index contributed by atoms with van der Waals surface area (Å²) in [6.07, 6.45) is 1.11. The Morgan fingerprint density at radius 1 is 1.50 bits per heavy atom. The molecular formula is C13H18FNS. The zero-order valence-electron chi connectivity index (χ0n) is 9.79. The third-order valence-electron chi connectivity index (χ3n) is 2.99. The first-order chi connectivity index (χ1) is 7.72. The first-order valence-electron chi connectivity index (χ1n) is 5.88. The fourth-order valence-electron chi connectivity index (χ4n) is 2.13. The highest BCUT2D eigenvalue weighted by atomic mass is 32.2. The summed E-state index contributed by atoms with van der Waals surface area (Å²) in [5, 5.41) is 3.52. The van der Waals surface area contributed by atoms with Crippen LogP contribution in [-0.4, -0.2) is 12.3 Å². The molecule has 0 aromatic heterocycles. The van der Waals surface area contributed by atoms with Crippen molar-refractivity contribution in [1.29, 1.82) is 0 Å². The van der Waals surface area contributed by atoms with Crippen molar-refractivity contribution in [2.45, 2.75) is 31.2 Å². The lowest BCUT2D eigenvalue weighted by atomic mass is 9.95. The average molecular weight is 239 g/mol. The molecule has 88 valence electrons. The van der Waals surface area contributed by atoms with E-state index in [2.05, 4.69) is 19.2 Å². The van der Waals surface area contributed by atoms with Gasteiger partial charge in [0.15, 0.2) is 0 Å². The molecule has 1 aliphatic rings. The van der Waals surface area contributed by atoms with Crippen LogP contribution in [0, 0.1) is 11.7 Å². The van der Waals surface area contributed by atoms with Crippen molar-refractivity contribution in [3.63, 3.8) is 0 Å². The second-order valence-electron chi connectivity index (χ2n) is 4.40. The number of rotatable bonds is 3. The first kappa shape index (κ1) is 11.9. The number of thioether (sulfide) groups is 1. The Labute approximate surface area is 101 Å². The highest BCUT2D eigenvalue weighted by Gasteiger charge is 2.26. The fourth-order valence-corrected chi connectivity index (χ4v) is 3.28. The summed E-state index contributed by atoms with van der Waals surface area (Å²) < 4.78 is 13.3. The van der Waals surface area contributed by atoms with Crippen LogP contribution >= 0.6 is 11.8 Å². The van der Waals surface area contributed by atoms with E-state index in [1.54, 1.807) is 12.1 Å². The zero-order valence-corrected chi connectivity index (χ0v) is 10.6. The van der Waals surface area contributed by atoms with Gasteiger partial charge in [-0.05, 0) is 42.6 Å². The van der Waals surface area contributed by atoms with E-state index >= 15 is 0 Å². The lowest BCUT2D eigenvalue weighted by Crippen LogP contribution is -2.31. The normalized spacial score (nSPS) is 24.2. The van der Waals surface area contributed by atoms with Crippen LogP contribution in [0.1, 0.15) is 31.9 Å². The molecule has 0 aliphatic carbocycles. The number of halogens is 1. The molecule has 16 heavy (non-hydrogen) atoms. The predicted molar refractivity (Wildman–Crippen MR) is 67.3 cm³/mol. The molecule has 1 nitrogen and oxygen atoms in total. The number of fused-ring (bicyclic) bond motifs is 1. The van der Waals surface area contributed by atoms with Crippen LogP contribution in [0.2, 0.25) is 0 Å². The van der Waals surface area contributed by atoms with E-state index in [1.807, 2.05) is 17.8 Å². The van der Waals surface area contributed by atoms with Gasteiger partial charge in [-0.1, -0.05) is 13.8 Å². The van der Waals surface area contributed by atoms with Gasteiger partial charge < -0.3 is 5.32 Å². The summed E-state index contributed by atoms with van der Waals surface area (Å²) in [7, 11) is 0. The number of hydrogen-bond donors (Lipinski definition) is 1. The average Bonchev–Trinajstić information content (AvgIpc) is 2.28. The maximum atomic E-state index is 13.3. The second-order valence-corrected chi connectivity index (χ2v) is 5.46. The number of benzene rings is 1. The van der Waals surface area contributed by atoms with E-state index in [9.17, 15) is 4.39 Å². The van der Waals surface area contributed by atoms with Crippen molar-refractivity contribution in [2.75, 3.05) is 12.3 Å². The number of nitrogens with one attached hydrogen (secondary N) is 1. The third-order valence-corrected chi connectivity index (χ3v) is 4.37. The molecule has 1 N–H and O–H groups in total. The van der Waals surface area contributed by atoms with Gasteiger partial charge in [0.1, 0.15) is 5.82 Å². The Kier molecular flexibility index (Phi) is 3.87. The van der Waals surface area contributed by atoms with Crippen LogP contribution in [0.3, 0.4) is 0 Å². The van der Waals surface area contributed by atoms with E-state index in [1.165, 1.54) is 4.90 Å². The first-order valence-corrected chi connectivity index (χ1v) is 6.86. The van der Waals surface area contributed by atoms with Crippen LogP contribution in [0.15, 0.2) is 23.1 Å². The molecular weight excluding hydrogens is 221 g/mol. The van der Waals surface area contributed by atoms with E-state index in [-0.39, 0.29) is 5.82 Å². The monoisotopic (exact) mass is 239 g/mol. The molecule has 1 aromatic rings. The molecule has 0 spiro atoms. The van der Waals surface area contributed by atoms with Crippen molar-refractivity contribution in [3.05, 3.63) is 29.6 Å². The standard InChI is InChI=1S/C13H18FNS/c1-3-6-15-13-9(2)8-16-12-5-4-10(14)7-11(12)13/h4-5,7,9,13,15H,3,6,8H2,1-2H3. The summed E-state index contributed by atoms with van der Waals surface area (Å²) in [5.74, 6) is 1.54. The molecule has 2 unspecified atom stereocenters. The summed E-state index contributed by atoms with van der Waals surface area (Å²) in [6, 6.07) is 5.46. The Bertz CT molecular complexity index is 367. The SMILES string of the molecule is CCCNC1c2cc(F)ccc2SCC1C. The molecule has 0 bridgehead atoms. The van der Waals surface area contributed by atoms with Crippen LogP contribution in [-0.2, 0) is 0 Å². The molecule has 2 atom stereocenters. The fraction of sp³-hybridized carbons (Fsp3) is 0.538. The molecule has 0 fully saturated rings. The minimum atomic E-state index is -0.128. The van der Waals surface area contributed by atoms with Crippen LogP contribution in [0.25, 0.3) is 0 Å². The Balaban J connectivity index is 2.27. The molecule has 1 heterocycles. The van der Waals surface area contributed by atoms with Crippen molar-refractivity contribution in [2.24, 2.45) is 5.92 Å². The van der Waals surface area contributed by atoms with Gasteiger partial charge in [-0.2, -0.15) is 0 Å². The molecule has 0 radical (unpaired) electrons. The van der Waals surface area contributed by atoms with Gasteiger partial charge in [-0.25, -0.2) is 4.39 Å². The highest BCUT2D eigenvalue weighted by molar-refractivity contribution is 7.99. The third kappa shape index (κ3) is 2.41. The zero-order chi connectivity index (χ0) is 11.5. The van der Waals surface area contributed by atoms with Gasteiger partial charge in [0.2, 0.25) is 0 Å². The minimum Gasteiger partial charge on any atom is -0.310 e. The van der Waals surface area contributed by atoms with Gasteiger partial charge >= 0.3 is 0 Å². The van der Waals surface area contributed by atoms with Crippen LogP contribution in [0.4, 0.5) is 4.39 Å². The Morgan fingerprint density at radius 2 is 2.31 bits per heavy atom. The quantitative estimate of drug-likeness (QED) is 0.864. The van der Waals surface area contributed by atoms with Crippen molar-refractivity contribution < 1.29 is 4.39 Å². The summed E-state index contributed by atoms with van der Waals surface area (Å²) in [6.45, 7) is 5.38. The second kappa shape index (κ2) is 5.19. The van der Waals surface area contributed by atoms with E-state index in [0.29, 0.717) is 12.0 Å². The van der Waals surface area contributed by atoms with E-state index in [4.69, 9.17) is 0 Å². The molecule has 0 saturated carbocycles. The van der Waals surface area contributed by atoms with Gasteiger partial charge in [-0.3, -0.25) is 0 Å². The van der Waals surface area contributed by atoms with Gasteiger partial charge in [-0.15, -0.1) is 11.8 Å². The van der Waals surface area contributed by atoms with Gasteiger partial charge in [0.25, 0.3) is 0 Å². The molecule has 1 aromatic carbocycles. The summed E-state index contributed by atoms with van der Waals surface area (Å²) in [5.41, 5.74) is 1.14. The lowest BCUT2D eigenvalue weighted by molar-refractivity contribution is 0.405. The Morgan fingerprint density at radius 3 is 3.06 bits per heavy atom. The maximum absolute atomic E-state index is 13.3. The van der Waals surface area contributed by atoms with Crippen LogP contribution < -0.4 is 5.32 Å². The van der Waals surface area contributed by atoms with Crippen molar-refractivity contribution in [3.8, 4) is 0 Å². The summed E-state index contributed by atoms with van der Waals surface area (Å²) >= 11 is 1.84. The largest absolute Gasteiger partial charge is 0.310 e. The maximum Gasteiger partial charge on any atom is 0.123 e. The van der Waals surface area contributed by atoms with Crippen LogP contribution in [0.5, 0.6) is 0 Å². The molecule has 0 saturated heterocycles. The lowest BCUT2D eigenvalue weighted by Gasteiger charge is -2.31. The van der Waals surface area contributed by atoms with E-state index in [0.717, 1.165) is 24.3 Å². The van der Waals surface area contributed by atoms with Crippen molar-refractivity contribution >= 4 is 11.8 Å². The van der Waals surface area contributed by atoms with Gasteiger partial charge in [0.05, 0.1) is 0 Å². The Hall–Kier alpha value is -0.540. The highest BCUT2D eigenvalue weighted by Crippen LogP contribution is 2.39. The van der Waals surface area contributed by atoms with Crippen molar-refractivity contribution in [1.82, 2.24) is 5.32 Å². The molecule has 2 rings (SSSR count). The minimum absolute atomic E-state index is 0.128. The molecule has 3 heteroatoms. The topological polar surface area (TPSA) is 12.0 Å². The smallest absolute Gasteiger partial charge is 0.123 e. The number of hydrogen-bond acceptors (Lipinski definition) is 2. The predicted octanol–water partition coefficient (Wildman–Crippen LogP) is 3.61.